The minimum absolute atomic E-state index is 0.112. The largest absolute Gasteiger partial charge is 0.465 e. The Morgan fingerprint density at radius 2 is 1.59 bits per heavy atom. The molecule has 0 aliphatic carbocycles. The van der Waals surface area contributed by atoms with Crippen LogP contribution in [0.25, 0.3) is 12.2 Å². The van der Waals surface area contributed by atoms with Gasteiger partial charge in [0.05, 0.1) is 6.54 Å². The van der Waals surface area contributed by atoms with Crippen molar-refractivity contribution in [3.63, 3.8) is 0 Å². The number of terminal acetylenes is 1. The minimum Gasteiger partial charge on any atom is -0.465 e. The smallest absolute Gasteiger partial charge is 0.415 e. The lowest BCUT2D eigenvalue weighted by molar-refractivity contribution is 0.0585. The maximum atomic E-state index is 12.4. The molecule has 0 saturated carbocycles. The molecule has 2 aromatic rings. The number of carbonyl (C=O) groups excluding carboxylic acids is 1. The summed E-state index contributed by atoms with van der Waals surface area (Å²) in [5, 5.41) is 11.0. The molecule has 0 saturated heterocycles. The number of carboxylic acid groups (broad SMARTS) is 1. The van der Waals surface area contributed by atoms with E-state index in [9.17, 15) is 9.59 Å². The van der Waals surface area contributed by atoms with Crippen LogP contribution in [0.5, 0.6) is 0 Å². The van der Waals surface area contributed by atoms with Crippen LogP contribution in [0.4, 0.5) is 21.0 Å². The fraction of sp³-hybridized carbons (Fsp3) is 0.217. The number of hydrogen-bond donors (Lipinski definition) is 2. The number of ether oxygens (including phenoxy) is 1. The first-order valence-corrected chi connectivity index (χ1v) is 9.00. The molecule has 29 heavy (non-hydrogen) atoms. The number of anilines is 2. The second-order valence-electron chi connectivity index (χ2n) is 7.25. The molecule has 0 aromatic heterocycles. The van der Waals surface area contributed by atoms with Gasteiger partial charge in [-0.3, -0.25) is 10.2 Å². The monoisotopic (exact) mass is 392 g/mol. The highest BCUT2D eigenvalue weighted by Gasteiger charge is 2.22. The quantitative estimate of drug-likeness (QED) is 0.533. The lowest BCUT2D eigenvalue weighted by atomic mass is 10.1. The number of benzene rings is 2. The zero-order valence-corrected chi connectivity index (χ0v) is 16.7. The molecule has 0 aliphatic rings. The van der Waals surface area contributed by atoms with Crippen LogP contribution in [0.1, 0.15) is 31.9 Å². The van der Waals surface area contributed by atoms with E-state index in [1.807, 2.05) is 36.4 Å². The summed E-state index contributed by atoms with van der Waals surface area (Å²) in [6.07, 6.45) is 7.64. The van der Waals surface area contributed by atoms with Gasteiger partial charge in [-0.15, -0.1) is 6.42 Å². The molecule has 0 aliphatic heterocycles. The van der Waals surface area contributed by atoms with Gasteiger partial charge in [-0.05, 0) is 56.2 Å². The van der Waals surface area contributed by atoms with Gasteiger partial charge in [0, 0.05) is 11.4 Å². The second-order valence-corrected chi connectivity index (χ2v) is 7.25. The van der Waals surface area contributed by atoms with E-state index in [1.54, 1.807) is 45.0 Å². The van der Waals surface area contributed by atoms with Crippen molar-refractivity contribution in [1.29, 1.82) is 0 Å². The maximum Gasteiger partial charge on any atom is 0.415 e. The predicted molar refractivity (Wildman–Crippen MR) is 116 cm³/mol. The summed E-state index contributed by atoms with van der Waals surface area (Å²) >= 11 is 0. The van der Waals surface area contributed by atoms with Crippen LogP contribution in [0.15, 0.2) is 48.5 Å². The fourth-order valence-corrected chi connectivity index (χ4v) is 2.43. The third-order valence-corrected chi connectivity index (χ3v) is 3.70. The van der Waals surface area contributed by atoms with Crippen molar-refractivity contribution < 1.29 is 19.4 Å². The van der Waals surface area contributed by atoms with E-state index in [-0.39, 0.29) is 6.54 Å². The van der Waals surface area contributed by atoms with Crippen molar-refractivity contribution in [2.75, 3.05) is 16.8 Å². The van der Waals surface area contributed by atoms with E-state index in [2.05, 4.69) is 11.2 Å². The highest BCUT2D eigenvalue weighted by atomic mass is 16.6. The number of nitrogens with one attached hydrogen (secondary N) is 1. The summed E-state index contributed by atoms with van der Waals surface area (Å²) in [6, 6.07) is 14.4. The van der Waals surface area contributed by atoms with E-state index in [0.29, 0.717) is 11.4 Å². The SMILES string of the molecule is C#CCN(C(=O)OC(C)(C)C)c1ccc(/C=C/c2ccc(NC(=O)O)cc2)cc1. The molecule has 2 amide bonds. The summed E-state index contributed by atoms with van der Waals surface area (Å²) in [7, 11) is 0. The van der Waals surface area contributed by atoms with Gasteiger partial charge in [0.2, 0.25) is 0 Å². The van der Waals surface area contributed by atoms with E-state index >= 15 is 0 Å². The molecule has 0 bridgehead atoms. The average molecular weight is 392 g/mol. The molecular weight excluding hydrogens is 368 g/mol. The minimum atomic E-state index is -1.10. The van der Waals surface area contributed by atoms with Gasteiger partial charge in [-0.1, -0.05) is 42.3 Å². The highest BCUT2D eigenvalue weighted by Crippen LogP contribution is 2.20. The van der Waals surface area contributed by atoms with Crippen molar-refractivity contribution >= 4 is 35.7 Å². The second kappa shape index (κ2) is 9.47. The third kappa shape index (κ3) is 7.07. The Morgan fingerprint density at radius 1 is 1.07 bits per heavy atom. The Morgan fingerprint density at radius 3 is 2.03 bits per heavy atom. The van der Waals surface area contributed by atoms with Crippen molar-refractivity contribution in [3.05, 3.63) is 59.7 Å². The highest BCUT2D eigenvalue weighted by molar-refractivity contribution is 5.88. The van der Waals surface area contributed by atoms with Crippen LogP contribution >= 0.6 is 0 Å². The molecule has 0 unspecified atom stereocenters. The van der Waals surface area contributed by atoms with Crippen LogP contribution in [-0.4, -0.2) is 29.4 Å². The van der Waals surface area contributed by atoms with Crippen molar-refractivity contribution in [2.24, 2.45) is 0 Å². The Hall–Kier alpha value is -3.72. The van der Waals surface area contributed by atoms with E-state index in [4.69, 9.17) is 16.3 Å². The van der Waals surface area contributed by atoms with Gasteiger partial charge >= 0.3 is 12.2 Å². The summed E-state index contributed by atoms with van der Waals surface area (Å²) in [5.74, 6) is 2.48. The van der Waals surface area contributed by atoms with Gasteiger partial charge in [-0.25, -0.2) is 9.59 Å². The number of nitrogens with zero attached hydrogens (tertiary/aromatic N) is 1. The molecule has 2 rings (SSSR count). The number of hydrogen-bond acceptors (Lipinski definition) is 3. The van der Waals surface area contributed by atoms with Crippen LogP contribution in [-0.2, 0) is 4.74 Å². The zero-order valence-electron chi connectivity index (χ0n) is 16.7. The normalized spacial score (nSPS) is 11.0. The van der Waals surface area contributed by atoms with Crippen LogP contribution in [0.3, 0.4) is 0 Å². The molecule has 150 valence electrons. The summed E-state index contributed by atoms with van der Waals surface area (Å²) < 4.78 is 5.41. The molecule has 0 spiro atoms. The Kier molecular flexibility index (Phi) is 7.05. The van der Waals surface area contributed by atoms with Gasteiger partial charge in [-0.2, -0.15) is 0 Å². The number of carbonyl (C=O) groups is 2. The molecule has 2 aromatic carbocycles. The number of amides is 2. The summed E-state index contributed by atoms with van der Waals surface area (Å²) in [4.78, 5) is 24.4. The van der Waals surface area contributed by atoms with E-state index < -0.39 is 17.8 Å². The van der Waals surface area contributed by atoms with Crippen molar-refractivity contribution in [1.82, 2.24) is 0 Å². The van der Waals surface area contributed by atoms with E-state index in [0.717, 1.165) is 11.1 Å². The first-order valence-electron chi connectivity index (χ1n) is 9.00. The summed E-state index contributed by atoms with van der Waals surface area (Å²) in [6.45, 7) is 5.52. The number of rotatable bonds is 5. The van der Waals surface area contributed by atoms with Crippen molar-refractivity contribution in [2.45, 2.75) is 26.4 Å². The van der Waals surface area contributed by atoms with Crippen LogP contribution in [0, 0.1) is 12.3 Å². The Balaban J connectivity index is 2.09. The lowest BCUT2D eigenvalue weighted by Crippen LogP contribution is -2.37. The maximum absolute atomic E-state index is 12.4. The lowest BCUT2D eigenvalue weighted by Gasteiger charge is -2.26. The van der Waals surface area contributed by atoms with Crippen LogP contribution in [0.2, 0.25) is 0 Å². The Bertz CT molecular complexity index is 917. The average Bonchev–Trinajstić information content (AvgIpc) is 2.64. The molecule has 6 heteroatoms. The van der Waals surface area contributed by atoms with Crippen LogP contribution < -0.4 is 10.2 Å². The molecule has 0 fully saturated rings. The topological polar surface area (TPSA) is 78.9 Å². The first kappa shape index (κ1) is 21.6. The predicted octanol–water partition coefficient (Wildman–Crippen LogP) is 5.32. The summed E-state index contributed by atoms with van der Waals surface area (Å²) in [5.41, 5.74) is 2.41. The van der Waals surface area contributed by atoms with Gasteiger partial charge < -0.3 is 9.84 Å². The van der Waals surface area contributed by atoms with E-state index in [1.165, 1.54) is 4.90 Å². The van der Waals surface area contributed by atoms with Gasteiger partial charge in [0.15, 0.2) is 0 Å². The zero-order chi connectivity index (χ0) is 21.4. The molecule has 2 N–H and O–H groups in total. The molecule has 0 atom stereocenters. The molecule has 0 heterocycles. The first-order chi connectivity index (χ1) is 13.7. The standard InChI is InChI=1S/C23H24N2O4/c1-5-16-25(22(28)29-23(2,3)4)20-14-10-18(11-15-20)7-6-17-8-12-19(13-9-17)24-21(26)27/h1,6-15,24H,16H2,2-4H3,(H,26,27)/b7-6+. The van der Waals surface area contributed by atoms with Gasteiger partial charge in [0.25, 0.3) is 0 Å². The van der Waals surface area contributed by atoms with Crippen molar-refractivity contribution in [3.8, 4) is 12.3 Å². The molecular formula is C23H24N2O4. The molecule has 0 radical (unpaired) electrons. The Labute approximate surface area is 170 Å². The van der Waals surface area contributed by atoms with Gasteiger partial charge in [0.1, 0.15) is 5.60 Å². The molecule has 6 nitrogen and oxygen atoms in total. The third-order valence-electron chi connectivity index (χ3n) is 3.70. The fourth-order valence-electron chi connectivity index (χ4n) is 2.43.